The zero-order chi connectivity index (χ0) is 41.8. The molecule has 0 aromatic carbocycles. The predicted octanol–water partition coefficient (Wildman–Crippen LogP) is 8.88. The summed E-state index contributed by atoms with van der Waals surface area (Å²) >= 11 is 0. The van der Waals surface area contributed by atoms with Crippen LogP contribution in [0.4, 0.5) is 0 Å². The first-order valence-electron chi connectivity index (χ1n) is 21.4. The SMILES string of the molecule is C=Cc1c2[nH]c(c1C)/C=C1\N/C(=C3\c4[nH]c(c(C)c4C(=O)[C@@H]3C(=O)OC)/C=c3\[nH]/c(c(C)c3CC)=C\2)[C@@H](CCC(=O)OC/C=C/CCC[C@H](C)CCCC(C)C)[C@@H]1C. The van der Waals surface area contributed by atoms with Crippen LogP contribution in [0.25, 0.3) is 29.9 Å². The lowest BCUT2D eigenvalue weighted by atomic mass is 9.85. The molecule has 1 fully saturated rings. The highest BCUT2D eigenvalue weighted by Crippen LogP contribution is 2.48. The van der Waals surface area contributed by atoms with Gasteiger partial charge in [0.15, 0.2) is 5.78 Å². The molecule has 3 aromatic rings. The number of ketones is 1. The molecule has 0 radical (unpaired) electrons. The highest BCUT2D eigenvalue weighted by Gasteiger charge is 2.48. The maximum Gasteiger partial charge on any atom is 0.321 e. The van der Waals surface area contributed by atoms with E-state index in [1.165, 1.54) is 38.4 Å². The maximum absolute atomic E-state index is 14.3. The van der Waals surface area contributed by atoms with E-state index in [1.54, 1.807) is 0 Å². The van der Waals surface area contributed by atoms with Gasteiger partial charge >= 0.3 is 11.9 Å². The Morgan fingerprint density at radius 1 is 0.897 bits per heavy atom. The molecule has 1 aliphatic carbocycles. The van der Waals surface area contributed by atoms with Crippen molar-refractivity contribution in [1.29, 1.82) is 0 Å². The third-order valence-corrected chi connectivity index (χ3v) is 12.8. The van der Waals surface area contributed by atoms with E-state index in [4.69, 9.17) is 9.47 Å². The van der Waals surface area contributed by atoms with Crippen molar-refractivity contribution in [3.05, 3.63) is 97.0 Å². The van der Waals surface area contributed by atoms with Gasteiger partial charge in [0.05, 0.1) is 12.8 Å². The van der Waals surface area contributed by atoms with E-state index < -0.39 is 11.9 Å². The Balaban J connectivity index is 1.33. The predicted molar refractivity (Wildman–Crippen MR) is 234 cm³/mol. The molecule has 310 valence electrons. The first kappa shape index (κ1) is 42.6. The first-order chi connectivity index (χ1) is 27.8. The van der Waals surface area contributed by atoms with Crippen LogP contribution >= 0.6 is 0 Å². The van der Waals surface area contributed by atoms with Crippen LogP contribution in [0.3, 0.4) is 0 Å². The number of nitrogens with one attached hydrogen (secondary N) is 4. The molecule has 0 unspecified atom stereocenters. The molecule has 4 N–H and O–H groups in total. The third-order valence-electron chi connectivity index (χ3n) is 12.8. The first-order valence-corrected chi connectivity index (χ1v) is 21.4. The van der Waals surface area contributed by atoms with Crippen LogP contribution in [0.2, 0.25) is 0 Å². The number of carbonyl (C=O) groups excluding carboxylic acids is 3. The zero-order valence-corrected chi connectivity index (χ0v) is 36.2. The van der Waals surface area contributed by atoms with Gasteiger partial charge in [-0.3, -0.25) is 14.4 Å². The Morgan fingerprint density at radius 3 is 2.33 bits per heavy atom. The molecule has 3 aromatic heterocycles. The number of allylic oxidation sites excluding steroid dienone is 3. The largest absolute Gasteiger partial charge is 0.468 e. The van der Waals surface area contributed by atoms with Gasteiger partial charge in [-0.1, -0.05) is 85.1 Å². The van der Waals surface area contributed by atoms with Crippen molar-refractivity contribution in [2.75, 3.05) is 13.7 Å². The van der Waals surface area contributed by atoms with E-state index in [9.17, 15) is 14.4 Å². The Labute approximate surface area is 344 Å². The van der Waals surface area contributed by atoms with Gasteiger partial charge in [0.2, 0.25) is 0 Å². The molecule has 0 spiro atoms. The van der Waals surface area contributed by atoms with Crippen molar-refractivity contribution in [2.45, 2.75) is 113 Å². The molecule has 58 heavy (non-hydrogen) atoms. The van der Waals surface area contributed by atoms with E-state index in [-0.39, 0.29) is 36.6 Å². The van der Waals surface area contributed by atoms with E-state index in [1.807, 2.05) is 19.1 Å². The van der Waals surface area contributed by atoms with E-state index in [2.05, 4.69) is 99.6 Å². The summed E-state index contributed by atoms with van der Waals surface area (Å²) in [7, 11) is 1.32. The van der Waals surface area contributed by atoms with Crippen molar-refractivity contribution in [3.63, 3.8) is 0 Å². The fourth-order valence-electron chi connectivity index (χ4n) is 9.27. The number of methoxy groups -OCH3 is 1. The number of H-pyrrole nitrogens is 3. The maximum atomic E-state index is 14.3. The lowest BCUT2D eigenvalue weighted by molar-refractivity contribution is -0.143. The number of hydrogen-bond acceptors (Lipinski definition) is 6. The van der Waals surface area contributed by atoms with Crippen molar-refractivity contribution in [3.8, 4) is 0 Å². The monoisotopic (exact) mass is 788 g/mol. The molecule has 6 rings (SSSR count). The summed E-state index contributed by atoms with van der Waals surface area (Å²) in [4.78, 5) is 52.0. The smallest absolute Gasteiger partial charge is 0.321 e. The summed E-state index contributed by atoms with van der Waals surface area (Å²) < 4.78 is 11.0. The van der Waals surface area contributed by atoms with Crippen LogP contribution in [0.15, 0.2) is 30.1 Å². The summed E-state index contributed by atoms with van der Waals surface area (Å²) in [5, 5.41) is 5.64. The quantitative estimate of drug-likeness (QED) is 0.0497. The van der Waals surface area contributed by atoms with Crippen molar-refractivity contribution >= 4 is 47.6 Å². The van der Waals surface area contributed by atoms with Crippen LogP contribution in [0.1, 0.15) is 147 Å². The number of esters is 2. The van der Waals surface area contributed by atoms with Crippen molar-refractivity contribution in [1.82, 2.24) is 20.3 Å². The number of Topliss-reactive ketones (excluding diaryl/α,β-unsaturated/α-hetero) is 1. The fourth-order valence-corrected chi connectivity index (χ4v) is 9.27. The van der Waals surface area contributed by atoms with E-state index >= 15 is 0 Å². The molecule has 1 saturated heterocycles. The van der Waals surface area contributed by atoms with Crippen molar-refractivity contribution < 1.29 is 23.9 Å². The zero-order valence-electron chi connectivity index (χ0n) is 36.2. The van der Waals surface area contributed by atoms with Gasteiger partial charge in [-0.2, -0.15) is 0 Å². The highest BCUT2D eigenvalue weighted by molar-refractivity contribution is 6.24. The number of rotatable bonds is 16. The Kier molecular flexibility index (Phi) is 13.4. The van der Waals surface area contributed by atoms with Crippen LogP contribution in [-0.4, -0.2) is 46.4 Å². The summed E-state index contributed by atoms with van der Waals surface area (Å²) in [6.07, 6.45) is 20.9. The van der Waals surface area contributed by atoms with Crippen LogP contribution in [-0.2, 0) is 25.5 Å². The second-order valence-electron chi connectivity index (χ2n) is 17.1. The minimum atomic E-state index is -1.14. The summed E-state index contributed by atoms with van der Waals surface area (Å²) in [5.74, 6) is -1.12. The standard InChI is InChI=1S/C49H64N4O5/c1-11-33-29(6)36-24-38-31(8)35(21-22-42(54)58-23-16-14-13-15-19-28(5)20-17-18-27(3)4)46(52-38)44-45(49(56)57-10)48(55)43-32(9)39(53-47(43)44)26-41-34(12-2)30(7)37(51-41)25-40(33)50-36/h11,14,16,24-28,31,35,45,50-53H,1,12-13,15,17-23H2,2-10H3/b16-14+,37-25-,38-24-,41-26-,46-44-/t28-,31-,35-,45+/m0/s1. The van der Waals surface area contributed by atoms with Gasteiger partial charge in [0.1, 0.15) is 12.5 Å². The average molecular weight is 789 g/mol. The van der Waals surface area contributed by atoms with Gasteiger partial charge in [-0.15, -0.1) is 0 Å². The second kappa shape index (κ2) is 18.3. The molecule has 9 nitrogen and oxygen atoms in total. The fraction of sp³-hybridized carbons (Fsp3) is 0.490. The van der Waals surface area contributed by atoms with E-state index in [0.29, 0.717) is 23.3 Å². The molecule has 4 atom stereocenters. The highest BCUT2D eigenvalue weighted by atomic mass is 16.5. The molecule has 8 bridgehead atoms. The number of aromatic nitrogens is 3. The lowest BCUT2D eigenvalue weighted by Crippen LogP contribution is -2.25. The van der Waals surface area contributed by atoms with Gasteiger partial charge in [0.25, 0.3) is 0 Å². The van der Waals surface area contributed by atoms with Crippen LogP contribution in [0.5, 0.6) is 0 Å². The van der Waals surface area contributed by atoms with Crippen molar-refractivity contribution in [2.24, 2.45) is 29.6 Å². The minimum absolute atomic E-state index is 0.0830. The molecule has 9 heteroatoms. The van der Waals surface area contributed by atoms with Gasteiger partial charge in [-0.25, -0.2) is 0 Å². The minimum Gasteiger partial charge on any atom is -0.468 e. The number of fused-ring (bicyclic) bond motifs is 7. The summed E-state index contributed by atoms with van der Waals surface area (Å²) in [6.45, 7) is 21.7. The van der Waals surface area contributed by atoms with Gasteiger partial charge in [-0.05, 0) is 98.8 Å². The Bertz CT molecular complexity index is 2290. The summed E-state index contributed by atoms with van der Waals surface area (Å²) in [5.41, 5.74) is 11.2. The van der Waals surface area contributed by atoms with Crippen LogP contribution in [0, 0.1) is 50.4 Å². The Hall–Kier alpha value is -5.05. The molecular formula is C49H64N4O5. The normalized spacial score (nSPS) is 22.3. The molecule has 0 saturated carbocycles. The topological polar surface area (TPSA) is 129 Å². The average Bonchev–Trinajstić information content (AvgIpc) is 3.93. The van der Waals surface area contributed by atoms with Crippen LogP contribution < -0.4 is 16.0 Å². The summed E-state index contributed by atoms with van der Waals surface area (Å²) in [6, 6.07) is 0. The number of unbranched alkanes of at least 4 members (excludes halogenated alkanes) is 1. The number of carbonyl (C=O) groups is 3. The van der Waals surface area contributed by atoms with Gasteiger partial charge < -0.3 is 29.7 Å². The molecule has 2 aliphatic heterocycles. The molecule has 5 heterocycles. The number of hydrogen-bond donors (Lipinski definition) is 4. The second-order valence-corrected chi connectivity index (χ2v) is 17.1. The molecular weight excluding hydrogens is 725 g/mol. The molecule has 0 amide bonds. The van der Waals surface area contributed by atoms with Gasteiger partial charge in [0, 0.05) is 74.1 Å². The molecule has 3 aliphatic rings. The lowest BCUT2D eigenvalue weighted by Gasteiger charge is -2.19. The number of aromatic amines is 3. The number of ether oxygens (including phenoxy) is 2. The third kappa shape index (κ3) is 8.55. The Morgan fingerprint density at radius 2 is 1.62 bits per heavy atom. The van der Waals surface area contributed by atoms with E-state index in [0.717, 1.165) is 92.5 Å².